The summed E-state index contributed by atoms with van der Waals surface area (Å²) in [6.45, 7) is 9.12. The molecule has 0 radical (unpaired) electrons. The van der Waals surface area contributed by atoms with Crippen LogP contribution in [0.25, 0.3) is 0 Å². The van der Waals surface area contributed by atoms with E-state index in [2.05, 4.69) is 42.6 Å². The average molecular weight is 294 g/mol. The van der Waals surface area contributed by atoms with Gasteiger partial charge in [0, 0.05) is 36.2 Å². The topological polar surface area (TPSA) is 38.5 Å². The molecule has 1 aromatic rings. The summed E-state index contributed by atoms with van der Waals surface area (Å²) in [6, 6.07) is 9.28. The highest BCUT2D eigenvalue weighted by molar-refractivity contribution is 8.00. The molecule has 1 aromatic carbocycles. The Balaban J connectivity index is 2.14. The standard InChI is InChI=1S/C16H26N2OS/c1-4-19-15-7-5-14(6-8-15)16(11-17)18-9-10-20-13(3)12(18)2/h5-8,12-13,16H,4,9-11,17H2,1-3H3. The second kappa shape index (κ2) is 7.34. The monoisotopic (exact) mass is 294 g/mol. The Morgan fingerprint density at radius 2 is 2.05 bits per heavy atom. The third-order valence-corrected chi connectivity index (χ3v) is 5.47. The van der Waals surface area contributed by atoms with Gasteiger partial charge in [-0.25, -0.2) is 0 Å². The van der Waals surface area contributed by atoms with E-state index in [0.717, 1.165) is 12.3 Å². The Labute approximate surface area is 126 Å². The van der Waals surface area contributed by atoms with Crippen molar-refractivity contribution in [2.45, 2.75) is 38.1 Å². The SMILES string of the molecule is CCOc1ccc(C(CN)N2CCSC(C)C2C)cc1. The van der Waals surface area contributed by atoms with Crippen molar-refractivity contribution >= 4 is 11.8 Å². The summed E-state index contributed by atoms with van der Waals surface area (Å²) in [6.07, 6.45) is 0. The van der Waals surface area contributed by atoms with Crippen LogP contribution in [0, 0.1) is 0 Å². The molecule has 1 heterocycles. The maximum atomic E-state index is 6.06. The van der Waals surface area contributed by atoms with Crippen LogP contribution in [0.4, 0.5) is 0 Å². The van der Waals surface area contributed by atoms with Gasteiger partial charge in [-0.1, -0.05) is 19.1 Å². The fourth-order valence-corrected chi connectivity index (χ4v) is 3.93. The molecule has 2 N–H and O–H groups in total. The predicted octanol–water partition coefficient (Wildman–Crippen LogP) is 2.91. The number of nitrogens with zero attached hydrogens (tertiary/aromatic N) is 1. The Morgan fingerprint density at radius 1 is 1.35 bits per heavy atom. The number of hydrogen-bond donors (Lipinski definition) is 1. The van der Waals surface area contributed by atoms with Crippen molar-refractivity contribution in [1.29, 1.82) is 0 Å². The Bertz CT molecular complexity index is 409. The fraction of sp³-hybridized carbons (Fsp3) is 0.625. The minimum absolute atomic E-state index is 0.309. The van der Waals surface area contributed by atoms with Crippen LogP contribution in [0.1, 0.15) is 32.4 Å². The third-order valence-electron chi connectivity index (χ3n) is 4.13. The number of nitrogens with two attached hydrogens (primary N) is 1. The first-order valence-electron chi connectivity index (χ1n) is 7.47. The van der Waals surface area contributed by atoms with Crippen molar-refractivity contribution in [3.05, 3.63) is 29.8 Å². The van der Waals surface area contributed by atoms with Gasteiger partial charge in [-0.05, 0) is 31.5 Å². The molecule has 0 aromatic heterocycles. The van der Waals surface area contributed by atoms with Gasteiger partial charge in [0.15, 0.2) is 0 Å². The van der Waals surface area contributed by atoms with Crippen molar-refractivity contribution in [3.8, 4) is 5.75 Å². The molecule has 1 aliphatic heterocycles. The summed E-state index contributed by atoms with van der Waals surface area (Å²) >= 11 is 2.06. The molecule has 112 valence electrons. The molecule has 4 heteroatoms. The van der Waals surface area contributed by atoms with Crippen LogP contribution < -0.4 is 10.5 Å². The van der Waals surface area contributed by atoms with Gasteiger partial charge in [0.25, 0.3) is 0 Å². The molecule has 1 saturated heterocycles. The smallest absolute Gasteiger partial charge is 0.119 e. The van der Waals surface area contributed by atoms with E-state index in [0.29, 0.717) is 30.5 Å². The lowest BCUT2D eigenvalue weighted by Gasteiger charge is -2.42. The minimum Gasteiger partial charge on any atom is -0.494 e. The van der Waals surface area contributed by atoms with Crippen LogP contribution in [0.3, 0.4) is 0 Å². The highest BCUT2D eigenvalue weighted by Gasteiger charge is 2.30. The van der Waals surface area contributed by atoms with E-state index in [4.69, 9.17) is 10.5 Å². The van der Waals surface area contributed by atoms with Gasteiger partial charge < -0.3 is 10.5 Å². The van der Waals surface area contributed by atoms with Crippen molar-refractivity contribution in [2.24, 2.45) is 5.73 Å². The summed E-state index contributed by atoms with van der Waals surface area (Å²) in [5, 5.41) is 0.667. The fourth-order valence-electron chi connectivity index (χ4n) is 2.81. The zero-order valence-corrected chi connectivity index (χ0v) is 13.5. The summed E-state index contributed by atoms with van der Waals surface area (Å²) in [7, 11) is 0. The Hall–Kier alpha value is -0.710. The zero-order valence-electron chi connectivity index (χ0n) is 12.7. The maximum Gasteiger partial charge on any atom is 0.119 e. The number of benzene rings is 1. The first kappa shape index (κ1) is 15.7. The van der Waals surface area contributed by atoms with Crippen LogP contribution in [-0.2, 0) is 0 Å². The molecule has 0 saturated carbocycles. The van der Waals surface area contributed by atoms with E-state index in [1.807, 2.05) is 19.1 Å². The van der Waals surface area contributed by atoms with Crippen LogP contribution >= 0.6 is 11.8 Å². The summed E-state index contributed by atoms with van der Waals surface area (Å²) in [5.74, 6) is 2.13. The van der Waals surface area contributed by atoms with Gasteiger partial charge in [0.05, 0.1) is 6.61 Å². The largest absolute Gasteiger partial charge is 0.494 e. The summed E-state index contributed by atoms with van der Waals surface area (Å²) in [4.78, 5) is 2.55. The van der Waals surface area contributed by atoms with Crippen LogP contribution in [0.5, 0.6) is 5.75 Å². The Kier molecular flexibility index (Phi) is 5.75. The Morgan fingerprint density at radius 3 is 2.65 bits per heavy atom. The number of thioether (sulfide) groups is 1. The molecule has 1 aliphatic rings. The highest BCUT2D eigenvalue weighted by Crippen LogP contribution is 2.31. The van der Waals surface area contributed by atoms with Gasteiger partial charge in [0.1, 0.15) is 5.75 Å². The van der Waals surface area contributed by atoms with Gasteiger partial charge in [-0.15, -0.1) is 0 Å². The molecule has 0 bridgehead atoms. The normalized spacial score (nSPS) is 25.4. The first-order chi connectivity index (χ1) is 9.67. The van der Waals surface area contributed by atoms with E-state index in [9.17, 15) is 0 Å². The van der Waals surface area contributed by atoms with Crippen LogP contribution in [-0.4, -0.2) is 41.6 Å². The van der Waals surface area contributed by atoms with Crippen molar-refractivity contribution in [1.82, 2.24) is 4.90 Å². The average Bonchev–Trinajstić information content (AvgIpc) is 2.46. The van der Waals surface area contributed by atoms with Crippen molar-refractivity contribution in [2.75, 3.05) is 25.4 Å². The molecule has 2 rings (SSSR count). The number of ether oxygens (including phenoxy) is 1. The van der Waals surface area contributed by atoms with Gasteiger partial charge in [-0.2, -0.15) is 11.8 Å². The lowest BCUT2D eigenvalue weighted by atomic mass is 10.0. The van der Waals surface area contributed by atoms with E-state index in [1.165, 1.54) is 11.3 Å². The molecular weight excluding hydrogens is 268 g/mol. The zero-order chi connectivity index (χ0) is 14.5. The van der Waals surface area contributed by atoms with E-state index < -0.39 is 0 Å². The molecule has 3 atom stereocenters. The van der Waals surface area contributed by atoms with Crippen molar-refractivity contribution < 1.29 is 4.74 Å². The van der Waals surface area contributed by atoms with Gasteiger partial charge in [-0.3, -0.25) is 4.90 Å². The number of rotatable bonds is 5. The van der Waals surface area contributed by atoms with Gasteiger partial charge in [0.2, 0.25) is 0 Å². The first-order valence-corrected chi connectivity index (χ1v) is 8.52. The number of hydrogen-bond acceptors (Lipinski definition) is 4. The van der Waals surface area contributed by atoms with E-state index in [-0.39, 0.29) is 0 Å². The predicted molar refractivity (Wildman–Crippen MR) is 87.5 cm³/mol. The molecular formula is C16H26N2OS. The lowest BCUT2D eigenvalue weighted by Crippen LogP contribution is -2.48. The molecule has 3 nitrogen and oxygen atoms in total. The second-order valence-electron chi connectivity index (χ2n) is 5.31. The van der Waals surface area contributed by atoms with Crippen LogP contribution in [0.2, 0.25) is 0 Å². The van der Waals surface area contributed by atoms with Crippen molar-refractivity contribution in [3.63, 3.8) is 0 Å². The maximum absolute atomic E-state index is 6.06. The van der Waals surface area contributed by atoms with Gasteiger partial charge >= 0.3 is 0 Å². The molecule has 0 spiro atoms. The molecule has 1 fully saturated rings. The van der Waals surface area contributed by atoms with E-state index in [1.54, 1.807) is 0 Å². The molecule has 20 heavy (non-hydrogen) atoms. The molecule has 3 unspecified atom stereocenters. The lowest BCUT2D eigenvalue weighted by molar-refractivity contribution is 0.150. The minimum atomic E-state index is 0.309. The second-order valence-corrected chi connectivity index (χ2v) is 6.79. The molecule has 0 aliphatic carbocycles. The molecule has 0 amide bonds. The van der Waals surface area contributed by atoms with Crippen LogP contribution in [0.15, 0.2) is 24.3 Å². The van der Waals surface area contributed by atoms with E-state index >= 15 is 0 Å². The summed E-state index contributed by atoms with van der Waals surface area (Å²) in [5.41, 5.74) is 7.35. The summed E-state index contributed by atoms with van der Waals surface area (Å²) < 4.78 is 5.51. The highest BCUT2D eigenvalue weighted by atomic mass is 32.2. The quantitative estimate of drug-likeness (QED) is 0.906. The third kappa shape index (κ3) is 3.48.